The van der Waals surface area contributed by atoms with Crippen LogP contribution in [0.5, 0.6) is 5.75 Å². The minimum Gasteiger partial charge on any atom is -1.00 e. The SMILES string of the molecule is Clc1ccc(COc2cccc(CNCCN3CCOCC3)c2)c(Cl)c1.[Cl-].[Cl-]. The topological polar surface area (TPSA) is 33.7 Å². The van der Waals surface area contributed by atoms with Gasteiger partial charge in [-0.2, -0.15) is 0 Å². The van der Waals surface area contributed by atoms with Crippen LogP contribution in [0.3, 0.4) is 0 Å². The van der Waals surface area contributed by atoms with Crippen molar-refractivity contribution in [3.05, 3.63) is 63.6 Å². The van der Waals surface area contributed by atoms with Crippen molar-refractivity contribution in [2.24, 2.45) is 0 Å². The number of hydrogen-bond donors (Lipinski definition) is 1. The molecule has 1 heterocycles. The zero-order valence-electron chi connectivity index (χ0n) is 15.5. The number of nitrogens with one attached hydrogen (secondary N) is 1. The molecule has 8 heteroatoms. The quantitative estimate of drug-likeness (QED) is 0.457. The van der Waals surface area contributed by atoms with Crippen molar-refractivity contribution >= 4 is 23.2 Å². The van der Waals surface area contributed by atoms with Gasteiger partial charge in [-0.1, -0.05) is 41.4 Å². The first-order chi connectivity index (χ1) is 12.7. The van der Waals surface area contributed by atoms with Gasteiger partial charge in [0, 0.05) is 48.3 Å². The van der Waals surface area contributed by atoms with Gasteiger partial charge in [-0.15, -0.1) is 0 Å². The fourth-order valence-corrected chi connectivity index (χ4v) is 3.30. The maximum absolute atomic E-state index is 6.19. The molecule has 0 aliphatic carbocycles. The lowest BCUT2D eigenvalue weighted by molar-refractivity contribution is -0.001000. The second-order valence-corrected chi connectivity index (χ2v) is 7.15. The molecule has 2 aromatic carbocycles. The Hall–Kier alpha value is -0.720. The summed E-state index contributed by atoms with van der Waals surface area (Å²) in [5.41, 5.74) is 2.12. The largest absolute Gasteiger partial charge is 1.00 e. The first-order valence-electron chi connectivity index (χ1n) is 8.87. The van der Waals surface area contributed by atoms with Crippen molar-refractivity contribution in [2.45, 2.75) is 13.2 Å². The van der Waals surface area contributed by atoms with Gasteiger partial charge in [-0.05, 0) is 29.8 Å². The minimum absolute atomic E-state index is 0. The highest BCUT2D eigenvalue weighted by Gasteiger charge is 2.09. The van der Waals surface area contributed by atoms with Crippen LogP contribution >= 0.6 is 23.2 Å². The van der Waals surface area contributed by atoms with Crippen molar-refractivity contribution in [3.8, 4) is 5.75 Å². The number of benzene rings is 2. The molecule has 0 amide bonds. The molecular formula is C20H24Cl4N2O2-2. The van der Waals surface area contributed by atoms with Crippen LogP contribution in [0.25, 0.3) is 0 Å². The smallest absolute Gasteiger partial charge is 0.120 e. The summed E-state index contributed by atoms with van der Waals surface area (Å²) in [5, 5.41) is 4.74. The maximum Gasteiger partial charge on any atom is 0.120 e. The summed E-state index contributed by atoms with van der Waals surface area (Å²) in [5.74, 6) is 0.837. The molecule has 0 spiro atoms. The third kappa shape index (κ3) is 8.34. The molecule has 0 atom stereocenters. The fraction of sp³-hybridized carbons (Fsp3) is 0.400. The Bertz CT molecular complexity index is 712. The van der Waals surface area contributed by atoms with E-state index in [-0.39, 0.29) is 24.8 Å². The zero-order valence-corrected chi connectivity index (χ0v) is 18.5. The third-order valence-corrected chi connectivity index (χ3v) is 4.93. The molecule has 1 fully saturated rings. The van der Waals surface area contributed by atoms with Gasteiger partial charge >= 0.3 is 0 Å². The zero-order chi connectivity index (χ0) is 18.2. The highest BCUT2D eigenvalue weighted by atomic mass is 35.5. The van der Waals surface area contributed by atoms with Crippen LogP contribution in [-0.2, 0) is 17.9 Å². The van der Waals surface area contributed by atoms with Crippen LogP contribution in [0.4, 0.5) is 0 Å². The van der Waals surface area contributed by atoms with Gasteiger partial charge in [0.05, 0.1) is 13.2 Å². The summed E-state index contributed by atoms with van der Waals surface area (Å²) < 4.78 is 11.2. The van der Waals surface area contributed by atoms with E-state index in [1.165, 1.54) is 5.56 Å². The van der Waals surface area contributed by atoms with Crippen molar-refractivity contribution in [1.29, 1.82) is 0 Å². The summed E-state index contributed by atoms with van der Waals surface area (Å²) in [6.07, 6.45) is 0. The van der Waals surface area contributed by atoms with E-state index < -0.39 is 0 Å². The third-order valence-electron chi connectivity index (χ3n) is 4.35. The summed E-state index contributed by atoms with van der Waals surface area (Å²) in [6, 6.07) is 13.6. The highest BCUT2D eigenvalue weighted by molar-refractivity contribution is 6.35. The molecule has 28 heavy (non-hydrogen) atoms. The standard InChI is InChI=1S/C20H24Cl2N2O2.2ClH/c21-18-5-4-17(20(22)13-18)15-26-19-3-1-2-16(12-19)14-23-6-7-24-8-10-25-11-9-24;;/h1-5,12-13,23H,6-11,14-15H2;2*1H/p-2. The van der Waals surface area contributed by atoms with Gasteiger partial charge in [0.2, 0.25) is 0 Å². The molecule has 3 rings (SSSR count). The van der Waals surface area contributed by atoms with E-state index in [0.717, 1.165) is 57.3 Å². The molecule has 2 aromatic rings. The van der Waals surface area contributed by atoms with Gasteiger partial charge in [0.1, 0.15) is 12.4 Å². The normalized spacial score (nSPS) is 14.1. The molecule has 1 saturated heterocycles. The Labute approximate surface area is 189 Å². The Morgan fingerprint density at radius 1 is 1.04 bits per heavy atom. The molecule has 0 bridgehead atoms. The average molecular weight is 466 g/mol. The van der Waals surface area contributed by atoms with E-state index in [0.29, 0.717) is 16.7 Å². The van der Waals surface area contributed by atoms with Gasteiger partial charge in [0.25, 0.3) is 0 Å². The van der Waals surface area contributed by atoms with Crippen molar-refractivity contribution < 1.29 is 34.3 Å². The number of ether oxygens (including phenoxy) is 2. The predicted molar refractivity (Wildman–Crippen MR) is 106 cm³/mol. The van der Waals surface area contributed by atoms with Crippen molar-refractivity contribution in [3.63, 3.8) is 0 Å². The van der Waals surface area contributed by atoms with E-state index >= 15 is 0 Å². The van der Waals surface area contributed by atoms with Crippen LogP contribution in [-0.4, -0.2) is 44.3 Å². The predicted octanol–water partition coefficient (Wildman–Crippen LogP) is -2.00. The molecule has 0 radical (unpaired) electrons. The number of morpholine rings is 1. The number of hydrogen-bond acceptors (Lipinski definition) is 4. The van der Waals surface area contributed by atoms with E-state index in [1.54, 1.807) is 6.07 Å². The van der Waals surface area contributed by atoms with Crippen molar-refractivity contribution in [1.82, 2.24) is 10.2 Å². The Balaban J connectivity index is 0.00000196. The van der Waals surface area contributed by atoms with Crippen molar-refractivity contribution in [2.75, 3.05) is 39.4 Å². The van der Waals surface area contributed by atoms with Crippen LogP contribution in [0.15, 0.2) is 42.5 Å². The average Bonchev–Trinajstić information content (AvgIpc) is 2.66. The molecule has 0 unspecified atom stereocenters. The Morgan fingerprint density at radius 3 is 2.57 bits per heavy atom. The monoisotopic (exact) mass is 464 g/mol. The van der Waals surface area contributed by atoms with Gasteiger partial charge in [-0.25, -0.2) is 0 Å². The lowest BCUT2D eigenvalue weighted by Gasteiger charge is -2.26. The number of halogens is 4. The van der Waals surface area contributed by atoms with E-state index in [4.69, 9.17) is 32.7 Å². The van der Waals surface area contributed by atoms with E-state index in [1.807, 2.05) is 24.3 Å². The highest BCUT2D eigenvalue weighted by Crippen LogP contribution is 2.23. The molecule has 4 nitrogen and oxygen atoms in total. The molecule has 0 saturated carbocycles. The molecule has 0 aromatic heterocycles. The van der Waals surface area contributed by atoms with Crippen LogP contribution in [0.1, 0.15) is 11.1 Å². The molecular weight excluding hydrogens is 442 g/mol. The van der Waals surface area contributed by atoms with Gasteiger partial charge in [-0.3, -0.25) is 4.90 Å². The second kappa shape index (κ2) is 13.5. The summed E-state index contributed by atoms with van der Waals surface area (Å²) in [6.45, 7) is 7.00. The molecule has 1 aliphatic rings. The number of nitrogens with zero attached hydrogens (tertiary/aromatic N) is 1. The lowest BCUT2D eigenvalue weighted by Crippen LogP contribution is -3.00. The summed E-state index contributed by atoms with van der Waals surface area (Å²) in [4.78, 5) is 2.42. The van der Waals surface area contributed by atoms with E-state index in [2.05, 4.69) is 22.3 Å². The Kier molecular flexibility index (Phi) is 12.2. The van der Waals surface area contributed by atoms with Crippen LogP contribution in [0, 0.1) is 0 Å². The van der Waals surface area contributed by atoms with Crippen LogP contribution < -0.4 is 34.9 Å². The summed E-state index contributed by atoms with van der Waals surface area (Å²) in [7, 11) is 0. The van der Waals surface area contributed by atoms with E-state index in [9.17, 15) is 0 Å². The molecule has 1 aliphatic heterocycles. The fourth-order valence-electron chi connectivity index (χ4n) is 2.84. The Morgan fingerprint density at radius 2 is 1.82 bits per heavy atom. The first kappa shape index (κ1) is 25.3. The second-order valence-electron chi connectivity index (χ2n) is 6.30. The first-order valence-corrected chi connectivity index (χ1v) is 9.63. The maximum atomic E-state index is 6.19. The minimum atomic E-state index is 0. The summed E-state index contributed by atoms with van der Waals surface area (Å²) >= 11 is 12.1. The van der Waals surface area contributed by atoms with Gasteiger partial charge in [0.15, 0.2) is 0 Å². The lowest BCUT2D eigenvalue weighted by atomic mass is 10.2. The van der Waals surface area contributed by atoms with Crippen LogP contribution in [0.2, 0.25) is 10.0 Å². The molecule has 156 valence electrons. The molecule has 1 N–H and O–H groups in total. The van der Waals surface area contributed by atoms with Gasteiger partial charge < -0.3 is 39.6 Å². The number of rotatable bonds is 8.